The van der Waals surface area contributed by atoms with Crippen LogP contribution in [0, 0.1) is 17.1 Å². The Morgan fingerprint density at radius 3 is 2.51 bits per heavy atom. The van der Waals surface area contributed by atoms with E-state index in [4.69, 9.17) is 11.6 Å². The summed E-state index contributed by atoms with van der Waals surface area (Å²) in [6, 6.07) is 11.5. The van der Waals surface area contributed by atoms with Gasteiger partial charge in [0.25, 0.3) is 11.8 Å². The summed E-state index contributed by atoms with van der Waals surface area (Å²) < 4.78 is 42.1. The van der Waals surface area contributed by atoms with E-state index in [1.54, 1.807) is 12.1 Å². The number of amides is 4. The predicted molar refractivity (Wildman–Crippen MR) is 157 cm³/mol. The molecule has 0 bridgehead atoms. The van der Waals surface area contributed by atoms with Gasteiger partial charge < -0.3 is 10.2 Å². The van der Waals surface area contributed by atoms with Crippen LogP contribution in [0.4, 0.5) is 24.7 Å². The van der Waals surface area contributed by atoms with E-state index >= 15 is 0 Å². The van der Waals surface area contributed by atoms with Crippen molar-refractivity contribution in [1.29, 1.82) is 5.26 Å². The van der Waals surface area contributed by atoms with Crippen LogP contribution < -0.4 is 15.1 Å². The number of hydrogen-bond donors (Lipinski definition) is 1. The van der Waals surface area contributed by atoms with Gasteiger partial charge in [0, 0.05) is 48.3 Å². The Morgan fingerprint density at radius 2 is 1.87 bits per heavy atom. The quantitative estimate of drug-likeness (QED) is 0.417. The third kappa shape index (κ3) is 6.61. The largest absolute Gasteiger partial charge is 0.351 e. The number of nitrogens with zero attached hydrogens (tertiary/aromatic N) is 5. The van der Waals surface area contributed by atoms with Crippen LogP contribution in [0.1, 0.15) is 36.9 Å². The second-order valence-corrected chi connectivity index (χ2v) is 11.2. The molecule has 1 aliphatic carbocycles. The molecule has 4 amide bonds. The molecule has 1 saturated heterocycles. The lowest BCUT2D eigenvalue weighted by Gasteiger charge is -2.43. The summed E-state index contributed by atoms with van der Waals surface area (Å²) in [7, 11) is 0. The molecular formula is C31H26ClF3N6O4. The maximum absolute atomic E-state index is 14.8. The third-order valence-electron chi connectivity index (χ3n) is 7.62. The molecule has 3 aromatic rings. The standard InChI is InChI=1S/C31H26ClF3N6O4/c1-18(42)39-16-25(41(27(43)17-39)26-11-19(15-36)9-10-37-26)30(45)40(22-6-4-5-20(33)12-22)28(23-7-2-3-8-24(23)32)29(44)38-21-13-31(34,35)14-21/h2-12,21,25,28H,13-14,16-17H2,1H3,(H,38,44)/t25-,28?/m0/s1. The number of hydrogen-bond acceptors (Lipinski definition) is 6. The molecule has 1 N–H and O–H groups in total. The highest BCUT2D eigenvalue weighted by molar-refractivity contribution is 6.31. The number of carbonyl (C=O) groups is 4. The van der Waals surface area contributed by atoms with E-state index in [0.29, 0.717) is 0 Å². The van der Waals surface area contributed by atoms with Gasteiger partial charge in [0.05, 0.1) is 18.2 Å². The smallest absolute Gasteiger partial charge is 0.253 e. The van der Waals surface area contributed by atoms with Crippen molar-refractivity contribution in [1.82, 2.24) is 15.2 Å². The molecule has 232 valence electrons. The lowest BCUT2D eigenvalue weighted by molar-refractivity contribution is -0.139. The first-order valence-electron chi connectivity index (χ1n) is 13.8. The minimum atomic E-state index is -2.96. The van der Waals surface area contributed by atoms with Crippen LogP contribution in [0.2, 0.25) is 5.02 Å². The van der Waals surface area contributed by atoms with Crippen LogP contribution in [0.5, 0.6) is 0 Å². The van der Waals surface area contributed by atoms with Crippen molar-refractivity contribution in [2.24, 2.45) is 0 Å². The number of piperazine rings is 1. The monoisotopic (exact) mass is 638 g/mol. The number of nitriles is 1. The summed E-state index contributed by atoms with van der Waals surface area (Å²) >= 11 is 6.52. The summed E-state index contributed by atoms with van der Waals surface area (Å²) in [6.07, 6.45) is 0.0569. The molecule has 14 heteroatoms. The van der Waals surface area contributed by atoms with Gasteiger partial charge in [-0.15, -0.1) is 0 Å². The second kappa shape index (κ2) is 12.6. The Labute approximate surface area is 261 Å². The molecule has 2 aliphatic rings. The molecule has 1 saturated carbocycles. The first-order chi connectivity index (χ1) is 21.4. The number of nitrogens with one attached hydrogen (secondary N) is 1. The number of anilines is 2. The van der Waals surface area contributed by atoms with E-state index in [-0.39, 0.29) is 34.2 Å². The number of halogens is 4. The molecule has 10 nitrogen and oxygen atoms in total. The maximum Gasteiger partial charge on any atom is 0.253 e. The summed E-state index contributed by atoms with van der Waals surface area (Å²) in [4.78, 5) is 62.0. The molecule has 1 unspecified atom stereocenters. The Balaban J connectivity index is 1.66. The molecule has 2 heterocycles. The van der Waals surface area contributed by atoms with Crippen LogP contribution in [0.15, 0.2) is 66.9 Å². The maximum atomic E-state index is 14.8. The van der Waals surface area contributed by atoms with Crippen molar-refractivity contribution in [3.8, 4) is 6.07 Å². The molecular weight excluding hydrogens is 613 g/mol. The van der Waals surface area contributed by atoms with E-state index in [2.05, 4.69) is 10.3 Å². The van der Waals surface area contributed by atoms with Crippen LogP contribution in [0.3, 0.4) is 0 Å². The van der Waals surface area contributed by atoms with Crippen molar-refractivity contribution >= 4 is 46.7 Å². The van der Waals surface area contributed by atoms with Crippen LogP contribution in [-0.2, 0) is 19.2 Å². The molecule has 1 aromatic heterocycles. The Morgan fingerprint density at radius 1 is 1.13 bits per heavy atom. The highest BCUT2D eigenvalue weighted by Crippen LogP contribution is 2.39. The fourth-order valence-corrected chi connectivity index (χ4v) is 5.67. The number of carbonyl (C=O) groups excluding carboxylic acids is 4. The van der Waals surface area contributed by atoms with Gasteiger partial charge in [0.1, 0.15) is 30.3 Å². The van der Waals surface area contributed by atoms with Gasteiger partial charge in [-0.3, -0.25) is 29.0 Å². The number of aromatic nitrogens is 1. The van der Waals surface area contributed by atoms with Gasteiger partial charge in [0.2, 0.25) is 17.7 Å². The Hall–Kier alpha value is -4.96. The van der Waals surface area contributed by atoms with E-state index in [1.807, 2.05) is 6.07 Å². The molecule has 1 aliphatic heterocycles. The number of pyridine rings is 1. The fourth-order valence-electron chi connectivity index (χ4n) is 5.43. The number of benzene rings is 2. The minimum Gasteiger partial charge on any atom is -0.351 e. The molecule has 5 rings (SSSR count). The van der Waals surface area contributed by atoms with E-state index in [0.717, 1.165) is 26.8 Å². The van der Waals surface area contributed by atoms with Gasteiger partial charge in [-0.05, 0) is 36.4 Å². The summed E-state index contributed by atoms with van der Waals surface area (Å²) in [5.74, 6) is -6.79. The molecule has 0 radical (unpaired) electrons. The zero-order valence-electron chi connectivity index (χ0n) is 23.8. The average molecular weight is 639 g/mol. The van der Waals surface area contributed by atoms with Crippen LogP contribution >= 0.6 is 11.6 Å². The third-order valence-corrected chi connectivity index (χ3v) is 7.96. The van der Waals surface area contributed by atoms with Crippen molar-refractivity contribution in [3.63, 3.8) is 0 Å². The lowest BCUT2D eigenvalue weighted by atomic mass is 9.87. The Kier molecular flexibility index (Phi) is 8.79. The average Bonchev–Trinajstić information content (AvgIpc) is 2.98. The molecule has 45 heavy (non-hydrogen) atoms. The van der Waals surface area contributed by atoms with Gasteiger partial charge in [0.15, 0.2) is 0 Å². The molecule has 2 fully saturated rings. The van der Waals surface area contributed by atoms with Crippen LogP contribution in [0.25, 0.3) is 0 Å². The first-order valence-corrected chi connectivity index (χ1v) is 14.2. The van der Waals surface area contributed by atoms with Gasteiger partial charge in [-0.2, -0.15) is 5.26 Å². The number of rotatable bonds is 7. The number of alkyl halides is 2. The SMILES string of the molecule is CC(=O)N1CC(=O)N(c2cc(C#N)ccn2)[C@H](C(=O)N(c2cccc(F)c2)C(C(=O)NC2CC(F)(F)C2)c2ccccc2Cl)C1. The first kappa shape index (κ1) is 31.5. The predicted octanol–water partition coefficient (Wildman–Crippen LogP) is 4.00. The van der Waals surface area contributed by atoms with Crippen molar-refractivity contribution in [2.45, 2.75) is 43.8 Å². The molecule has 0 spiro atoms. The van der Waals surface area contributed by atoms with Crippen molar-refractivity contribution in [3.05, 3.63) is 88.8 Å². The zero-order valence-corrected chi connectivity index (χ0v) is 24.5. The van der Waals surface area contributed by atoms with Crippen molar-refractivity contribution < 1.29 is 32.3 Å². The highest BCUT2D eigenvalue weighted by atomic mass is 35.5. The van der Waals surface area contributed by atoms with Gasteiger partial charge >= 0.3 is 0 Å². The fraction of sp³-hybridized carbons (Fsp3) is 0.290. The van der Waals surface area contributed by atoms with Gasteiger partial charge in [-0.25, -0.2) is 18.2 Å². The van der Waals surface area contributed by atoms with Crippen LogP contribution in [-0.4, -0.2) is 64.6 Å². The molecule has 2 aromatic carbocycles. The van der Waals surface area contributed by atoms with E-state index in [9.17, 15) is 37.6 Å². The topological polar surface area (TPSA) is 127 Å². The summed E-state index contributed by atoms with van der Waals surface area (Å²) in [5, 5.41) is 12.1. The summed E-state index contributed by atoms with van der Waals surface area (Å²) in [5.41, 5.74) is 0.132. The second-order valence-electron chi connectivity index (χ2n) is 10.8. The zero-order chi connectivity index (χ0) is 32.5. The van der Waals surface area contributed by atoms with Crippen molar-refractivity contribution in [2.75, 3.05) is 22.9 Å². The summed E-state index contributed by atoms with van der Waals surface area (Å²) in [6.45, 7) is 0.482. The minimum absolute atomic E-state index is 0.0520. The Bertz CT molecular complexity index is 1710. The molecule has 2 atom stereocenters. The highest BCUT2D eigenvalue weighted by Gasteiger charge is 2.49. The van der Waals surface area contributed by atoms with Gasteiger partial charge in [-0.1, -0.05) is 35.9 Å². The lowest BCUT2D eigenvalue weighted by Crippen LogP contribution is -2.64. The van der Waals surface area contributed by atoms with E-state index in [1.165, 1.54) is 49.5 Å². The van der Waals surface area contributed by atoms with E-state index < -0.39 is 72.9 Å². The normalized spacial score (nSPS) is 18.4.